The standard InChI is InChI=1S/C17H17N3O4S/c1-22-11-6-4-10(5-7-11)19-20-17-16(21)18-12-8-13(23-2)14(24-3)9-15(12)25-17/h4-9,19H,1-3H3,(H,18,21)/b20-17+. The lowest BCUT2D eigenvalue weighted by Gasteiger charge is -2.08. The maximum Gasteiger partial charge on any atom is 0.286 e. The zero-order valence-electron chi connectivity index (χ0n) is 14.0. The number of aromatic nitrogens is 1. The molecule has 8 heteroatoms. The summed E-state index contributed by atoms with van der Waals surface area (Å²) in [5.74, 6) is 1.89. The van der Waals surface area contributed by atoms with Gasteiger partial charge in [-0.25, -0.2) is 0 Å². The molecule has 0 aliphatic heterocycles. The molecule has 7 nitrogen and oxygen atoms in total. The molecule has 2 N–H and O–H groups in total. The number of anilines is 1. The average Bonchev–Trinajstić information content (AvgIpc) is 2.65. The molecular formula is C17H17N3O4S. The Kier molecular flexibility index (Phi) is 4.90. The molecule has 130 valence electrons. The molecule has 0 unspecified atom stereocenters. The van der Waals surface area contributed by atoms with Crippen LogP contribution in [-0.2, 0) is 0 Å². The van der Waals surface area contributed by atoms with E-state index in [1.165, 1.54) is 11.3 Å². The first-order valence-electron chi connectivity index (χ1n) is 7.37. The van der Waals surface area contributed by atoms with E-state index in [1.807, 2.05) is 24.3 Å². The van der Waals surface area contributed by atoms with Crippen LogP contribution in [0.25, 0.3) is 10.2 Å². The summed E-state index contributed by atoms with van der Waals surface area (Å²) in [6.45, 7) is 0. The van der Waals surface area contributed by atoms with Crippen LogP contribution in [0.5, 0.6) is 17.2 Å². The Morgan fingerprint density at radius 2 is 1.68 bits per heavy atom. The molecule has 1 heterocycles. The van der Waals surface area contributed by atoms with Crippen LogP contribution in [0.1, 0.15) is 0 Å². The smallest absolute Gasteiger partial charge is 0.286 e. The molecule has 0 aliphatic carbocycles. The summed E-state index contributed by atoms with van der Waals surface area (Å²) in [6, 6.07) is 10.8. The summed E-state index contributed by atoms with van der Waals surface area (Å²) < 4.78 is 16.8. The molecule has 2 aromatic carbocycles. The molecule has 0 saturated heterocycles. The van der Waals surface area contributed by atoms with Gasteiger partial charge in [0.1, 0.15) is 5.75 Å². The average molecular weight is 359 g/mol. The second-order valence-corrected chi connectivity index (χ2v) is 6.05. The maximum absolute atomic E-state index is 12.2. The fourth-order valence-corrected chi connectivity index (χ4v) is 3.05. The number of benzene rings is 2. The van der Waals surface area contributed by atoms with Crippen molar-refractivity contribution in [2.45, 2.75) is 0 Å². The van der Waals surface area contributed by atoms with Gasteiger partial charge in [-0.1, -0.05) is 0 Å². The van der Waals surface area contributed by atoms with Crippen molar-refractivity contribution in [3.8, 4) is 17.2 Å². The van der Waals surface area contributed by atoms with Crippen molar-refractivity contribution in [3.63, 3.8) is 0 Å². The Labute approximate surface area is 147 Å². The number of H-pyrrole nitrogens is 1. The molecule has 0 radical (unpaired) electrons. The molecule has 0 atom stereocenters. The minimum absolute atomic E-state index is 0.286. The van der Waals surface area contributed by atoms with Gasteiger partial charge in [-0.15, -0.1) is 11.3 Å². The molecule has 0 bridgehead atoms. The van der Waals surface area contributed by atoms with Crippen LogP contribution in [0, 0.1) is 0 Å². The van der Waals surface area contributed by atoms with Crippen LogP contribution < -0.4 is 29.9 Å². The van der Waals surface area contributed by atoms with E-state index >= 15 is 0 Å². The fourth-order valence-electron chi connectivity index (χ4n) is 2.22. The number of nitrogens with zero attached hydrogens (tertiary/aromatic N) is 1. The molecule has 0 fully saturated rings. The first-order chi connectivity index (χ1) is 12.1. The minimum Gasteiger partial charge on any atom is -0.497 e. The topological polar surface area (TPSA) is 84.9 Å². The van der Waals surface area contributed by atoms with Crippen molar-refractivity contribution < 1.29 is 14.2 Å². The van der Waals surface area contributed by atoms with Crippen LogP contribution in [0.15, 0.2) is 46.3 Å². The van der Waals surface area contributed by atoms with Crippen molar-refractivity contribution in [1.29, 1.82) is 0 Å². The van der Waals surface area contributed by atoms with Gasteiger partial charge in [0.25, 0.3) is 5.56 Å². The molecule has 1 aromatic heterocycles. The summed E-state index contributed by atoms with van der Waals surface area (Å²) in [7, 11) is 4.72. The first-order valence-corrected chi connectivity index (χ1v) is 8.19. The van der Waals surface area contributed by atoms with Gasteiger partial charge in [0, 0.05) is 12.1 Å². The van der Waals surface area contributed by atoms with Gasteiger partial charge in [-0.2, -0.15) is 5.10 Å². The lowest BCUT2D eigenvalue weighted by molar-refractivity contribution is 0.356. The number of rotatable bonds is 5. The highest BCUT2D eigenvalue weighted by atomic mass is 32.1. The number of aromatic amines is 1. The maximum atomic E-state index is 12.2. The Hall–Kier alpha value is -3.00. The Balaban J connectivity index is 2.00. The van der Waals surface area contributed by atoms with Gasteiger partial charge in [-0.05, 0) is 24.3 Å². The van der Waals surface area contributed by atoms with Gasteiger partial charge < -0.3 is 19.2 Å². The monoisotopic (exact) mass is 359 g/mol. The van der Waals surface area contributed by atoms with E-state index < -0.39 is 0 Å². The van der Waals surface area contributed by atoms with Crippen molar-refractivity contribution in [2.75, 3.05) is 26.8 Å². The highest BCUT2D eigenvalue weighted by Crippen LogP contribution is 2.31. The molecule has 0 amide bonds. The van der Waals surface area contributed by atoms with E-state index in [9.17, 15) is 4.79 Å². The highest BCUT2D eigenvalue weighted by molar-refractivity contribution is 7.16. The molecule has 3 rings (SSSR count). The molecule has 0 spiro atoms. The number of hydrogen-bond donors (Lipinski definition) is 2. The predicted octanol–water partition coefficient (Wildman–Crippen LogP) is 2.54. The molecule has 0 aliphatic rings. The summed E-state index contributed by atoms with van der Waals surface area (Å²) in [5, 5.41) is 4.19. The largest absolute Gasteiger partial charge is 0.497 e. The fraction of sp³-hybridized carbons (Fsp3) is 0.176. The van der Waals surface area contributed by atoms with Crippen LogP contribution >= 0.6 is 11.3 Å². The summed E-state index contributed by atoms with van der Waals surface area (Å²) in [4.78, 5) is 15.0. The van der Waals surface area contributed by atoms with Crippen molar-refractivity contribution >= 4 is 27.2 Å². The first kappa shape index (κ1) is 16.8. The third kappa shape index (κ3) is 3.58. The second-order valence-electron chi connectivity index (χ2n) is 5.02. The zero-order valence-corrected chi connectivity index (χ0v) is 14.8. The number of fused-ring (bicyclic) bond motifs is 1. The Bertz CT molecular complexity index is 1010. The van der Waals surface area contributed by atoms with E-state index in [1.54, 1.807) is 33.5 Å². The van der Waals surface area contributed by atoms with Crippen LogP contribution in [0.3, 0.4) is 0 Å². The second kappa shape index (κ2) is 7.27. The third-order valence-corrected chi connectivity index (χ3v) is 4.54. The Morgan fingerprint density at radius 1 is 1.00 bits per heavy atom. The van der Waals surface area contributed by atoms with Gasteiger partial charge in [0.05, 0.1) is 37.2 Å². The Morgan fingerprint density at radius 3 is 2.32 bits per heavy atom. The van der Waals surface area contributed by atoms with Crippen molar-refractivity contribution in [2.24, 2.45) is 5.10 Å². The number of nitrogens with one attached hydrogen (secondary N) is 2. The number of methoxy groups -OCH3 is 3. The highest BCUT2D eigenvalue weighted by Gasteiger charge is 2.08. The van der Waals surface area contributed by atoms with Gasteiger partial charge in [0.2, 0.25) is 4.67 Å². The van der Waals surface area contributed by atoms with Crippen LogP contribution in [0.2, 0.25) is 0 Å². The molecule has 0 saturated carbocycles. The van der Waals surface area contributed by atoms with Gasteiger partial charge >= 0.3 is 0 Å². The van der Waals surface area contributed by atoms with Gasteiger partial charge in [0.15, 0.2) is 11.5 Å². The van der Waals surface area contributed by atoms with Crippen LogP contribution in [-0.4, -0.2) is 26.3 Å². The molecule has 3 aromatic rings. The lowest BCUT2D eigenvalue weighted by Crippen LogP contribution is -2.26. The minimum atomic E-state index is -0.286. The third-order valence-electron chi connectivity index (χ3n) is 3.51. The van der Waals surface area contributed by atoms with E-state index in [0.717, 1.165) is 16.1 Å². The lowest BCUT2D eigenvalue weighted by atomic mass is 10.3. The van der Waals surface area contributed by atoms with E-state index in [-0.39, 0.29) is 5.56 Å². The van der Waals surface area contributed by atoms with E-state index in [2.05, 4.69) is 15.5 Å². The van der Waals surface area contributed by atoms with E-state index in [0.29, 0.717) is 21.7 Å². The molecular weight excluding hydrogens is 342 g/mol. The zero-order chi connectivity index (χ0) is 17.8. The summed E-state index contributed by atoms with van der Waals surface area (Å²) in [5.41, 5.74) is 4.00. The van der Waals surface area contributed by atoms with Gasteiger partial charge in [-0.3, -0.25) is 10.2 Å². The SMILES string of the molecule is COc1ccc(N/N=c2/sc3cc(OC)c(OC)cc3[nH]c2=O)cc1. The van der Waals surface area contributed by atoms with Crippen molar-refractivity contribution in [3.05, 3.63) is 51.4 Å². The number of ether oxygens (including phenoxy) is 3. The molecule has 25 heavy (non-hydrogen) atoms. The van der Waals surface area contributed by atoms with E-state index in [4.69, 9.17) is 14.2 Å². The quantitative estimate of drug-likeness (QED) is 0.684. The van der Waals surface area contributed by atoms with Crippen LogP contribution in [0.4, 0.5) is 5.69 Å². The summed E-state index contributed by atoms with van der Waals surface area (Å²) in [6.07, 6.45) is 0. The normalized spacial score (nSPS) is 11.4. The van der Waals surface area contributed by atoms with Crippen molar-refractivity contribution in [1.82, 2.24) is 4.98 Å². The number of hydrogen-bond acceptors (Lipinski definition) is 7. The predicted molar refractivity (Wildman–Crippen MR) is 97.7 cm³/mol. The summed E-state index contributed by atoms with van der Waals surface area (Å²) >= 11 is 1.26.